The monoisotopic (exact) mass is 234 g/mol. The minimum absolute atomic E-state index is 0.208. The first-order valence-corrected chi connectivity index (χ1v) is 4.55. The van der Waals surface area contributed by atoms with Crippen LogP contribution < -0.4 is 10.6 Å². The summed E-state index contributed by atoms with van der Waals surface area (Å²) < 4.78 is 4.53. The molecule has 1 atom stereocenters. The van der Waals surface area contributed by atoms with Crippen molar-refractivity contribution in [3.8, 4) is 0 Å². The van der Waals surface area contributed by atoms with Gasteiger partial charge in [0.25, 0.3) is 0 Å². The second kappa shape index (κ2) is 7.46. The van der Waals surface area contributed by atoms with Crippen LogP contribution in [0.1, 0.15) is 6.92 Å². The van der Waals surface area contributed by atoms with Crippen LogP contribution in [-0.2, 0) is 14.3 Å². The van der Waals surface area contributed by atoms with Crippen molar-refractivity contribution in [2.24, 2.45) is 0 Å². The molecule has 0 aliphatic heterocycles. The summed E-state index contributed by atoms with van der Waals surface area (Å²) in [4.78, 5) is 31.9. The van der Waals surface area contributed by atoms with Gasteiger partial charge < -0.3 is 25.6 Å². The van der Waals surface area contributed by atoms with Gasteiger partial charge in [-0.05, 0) is 6.92 Å². The maximum Gasteiger partial charge on any atom is 0.334 e. The van der Waals surface area contributed by atoms with Gasteiger partial charge in [-0.3, -0.25) is 4.79 Å². The van der Waals surface area contributed by atoms with Crippen LogP contribution in [0.25, 0.3) is 0 Å². The molecule has 0 aliphatic carbocycles. The van der Waals surface area contributed by atoms with Crippen LogP contribution in [0.15, 0.2) is 0 Å². The Labute approximate surface area is 91.6 Å². The average Bonchev–Trinajstić information content (AvgIpc) is 2.23. The molecule has 0 saturated heterocycles. The predicted octanol–water partition coefficient (Wildman–Crippen LogP) is -1.71. The fourth-order valence-corrected chi connectivity index (χ4v) is 0.704. The number of aliphatic carboxylic acids is 1. The van der Waals surface area contributed by atoms with Gasteiger partial charge in [0.1, 0.15) is 6.54 Å². The van der Waals surface area contributed by atoms with Crippen LogP contribution in [0.4, 0.5) is 4.79 Å². The standard InChI is InChI=1S/C8H14N2O6/c1-2-16-6(12)4-10-8(15)9-3-5(11)7(13)14/h5,11H,2-4H2,1H3,(H,13,14)(H2,9,10,15)/t5-/m0/s1. The summed E-state index contributed by atoms with van der Waals surface area (Å²) in [6.07, 6.45) is -1.67. The highest BCUT2D eigenvalue weighted by Gasteiger charge is 2.14. The summed E-state index contributed by atoms with van der Waals surface area (Å²) >= 11 is 0. The van der Waals surface area contributed by atoms with Crippen molar-refractivity contribution in [1.29, 1.82) is 0 Å². The Hall–Kier alpha value is -1.83. The van der Waals surface area contributed by atoms with E-state index in [1.165, 1.54) is 0 Å². The fourth-order valence-electron chi connectivity index (χ4n) is 0.704. The van der Waals surface area contributed by atoms with E-state index in [9.17, 15) is 14.4 Å². The van der Waals surface area contributed by atoms with Crippen molar-refractivity contribution >= 4 is 18.0 Å². The highest BCUT2D eigenvalue weighted by atomic mass is 16.5. The van der Waals surface area contributed by atoms with E-state index in [0.717, 1.165) is 0 Å². The van der Waals surface area contributed by atoms with Gasteiger partial charge in [0.05, 0.1) is 13.2 Å². The first-order chi connectivity index (χ1) is 7.47. The third kappa shape index (κ3) is 6.60. The minimum Gasteiger partial charge on any atom is -0.479 e. The van der Waals surface area contributed by atoms with E-state index in [4.69, 9.17) is 10.2 Å². The number of hydrogen-bond acceptors (Lipinski definition) is 5. The number of esters is 1. The lowest BCUT2D eigenvalue weighted by Crippen LogP contribution is -2.43. The van der Waals surface area contributed by atoms with Crippen LogP contribution in [0.5, 0.6) is 0 Å². The first-order valence-electron chi connectivity index (χ1n) is 4.55. The predicted molar refractivity (Wildman–Crippen MR) is 51.7 cm³/mol. The summed E-state index contributed by atoms with van der Waals surface area (Å²) in [5, 5.41) is 21.3. The van der Waals surface area contributed by atoms with Crippen LogP contribution in [0, 0.1) is 0 Å². The second-order valence-electron chi connectivity index (χ2n) is 2.72. The molecule has 4 N–H and O–H groups in total. The maximum atomic E-state index is 10.9. The van der Waals surface area contributed by atoms with Gasteiger partial charge in [0, 0.05) is 0 Å². The van der Waals surface area contributed by atoms with Crippen molar-refractivity contribution in [3.63, 3.8) is 0 Å². The van der Waals surface area contributed by atoms with Crippen LogP contribution in [0.3, 0.4) is 0 Å². The smallest absolute Gasteiger partial charge is 0.334 e. The van der Waals surface area contributed by atoms with E-state index in [1.807, 2.05) is 0 Å². The number of carboxylic acids is 1. The molecule has 0 spiro atoms. The molecule has 8 nitrogen and oxygen atoms in total. The Kier molecular flexibility index (Phi) is 6.61. The Morgan fingerprint density at radius 2 is 1.94 bits per heavy atom. The van der Waals surface area contributed by atoms with Crippen molar-refractivity contribution < 1.29 is 29.3 Å². The molecule has 2 amide bonds. The van der Waals surface area contributed by atoms with E-state index in [1.54, 1.807) is 6.92 Å². The number of aliphatic hydroxyl groups is 1. The average molecular weight is 234 g/mol. The molecule has 0 aromatic carbocycles. The number of nitrogens with one attached hydrogen (secondary N) is 2. The fraction of sp³-hybridized carbons (Fsp3) is 0.625. The molecule has 0 bridgehead atoms. The van der Waals surface area contributed by atoms with Crippen molar-refractivity contribution in [2.75, 3.05) is 19.7 Å². The molecule has 0 radical (unpaired) electrons. The number of urea groups is 1. The topological polar surface area (TPSA) is 125 Å². The molecule has 0 unspecified atom stereocenters. The quantitative estimate of drug-likeness (QED) is 0.406. The summed E-state index contributed by atoms with van der Waals surface area (Å²) in [7, 11) is 0. The van der Waals surface area contributed by atoms with E-state index < -0.39 is 30.6 Å². The normalized spacial score (nSPS) is 11.4. The SMILES string of the molecule is CCOC(=O)CNC(=O)NC[C@H](O)C(=O)O. The summed E-state index contributed by atoms with van der Waals surface area (Å²) in [6, 6.07) is -0.756. The molecule has 0 rings (SSSR count). The van der Waals surface area contributed by atoms with Crippen molar-refractivity contribution in [2.45, 2.75) is 13.0 Å². The Bertz CT molecular complexity index is 267. The number of hydrogen-bond donors (Lipinski definition) is 4. The van der Waals surface area contributed by atoms with Gasteiger partial charge in [-0.15, -0.1) is 0 Å². The molecule has 0 saturated carbocycles. The largest absolute Gasteiger partial charge is 0.479 e. The second-order valence-corrected chi connectivity index (χ2v) is 2.72. The summed E-state index contributed by atoms with van der Waals surface area (Å²) in [6.45, 7) is 1.08. The van der Waals surface area contributed by atoms with Gasteiger partial charge in [-0.25, -0.2) is 9.59 Å². The van der Waals surface area contributed by atoms with Crippen molar-refractivity contribution in [1.82, 2.24) is 10.6 Å². The number of carboxylic acid groups (broad SMARTS) is 1. The van der Waals surface area contributed by atoms with Gasteiger partial charge in [-0.2, -0.15) is 0 Å². The zero-order valence-corrected chi connectivity index (χ0v) is 8.73. The number of aliphatic hydroxyl groups excluding tert-OH is 1. The molecule has 0 aromatic heterocycles. The summed E-state index contributed by atoms with van der Waals surface area (Å²) in [5.74, 6) is -2.04. The lowest BCUT2D eigenvalue weighted by molar-refractivity contribution is -0.146. The zero-order valence-electron chi connectivity index (χ0n) is 8.73. The Morgan fingerprint density at radius 1 is 1.31 bits per heavy atom. The molecule has 0 fully saturated rings. The number of rotatable bonds is 6. The third-order valence-electron chi connectivity index (χ3n) is 1.44. The molecule has 0 aromatic rings. The maximum absolute atomic E-state index is 10.9. The van der Waals surface area contributed by atoms with E-state index in [-0.39, 0.29) is 13.2 Å². The lowest BCUT2D eigenvalue weighted by Gasteiger charge is -2.08. The van der Waals surface area contributed by atoms with Gasteiger partial charge >= 0.3 is 18.0 Å². The van der Waals surface area contributed by atoms with Gasteiger partial charge in [0.2, 0.25) is 0 Å². The Balaban J connectivity index is 3.67. The van der Waals surface area contributed by atoms with Gasteiger partial charge in [-0.1, -0.05) is 0 Å². The van der Waals surface area contributed by atoms with Crippen LogP contribution >= 0.6 is 0 Å². The summed E-state index contributed by atoms with van der Waals surface area (Å²) in [5.41, 5.74) is 0. The third-order valence-corrected chi connectivity index (χ3v) is 1.44. The van der Waals surface area contributed by atoms with E-state index >= 15 is 0 Å². The molecule has 0 aliphatic rings. The van der Waals surface area contributed by atoms with E-state index in [0.29, 0.717) is 0 Å². The highest BCUT2D eigenvalue weighted by Crippen LogP contribution is 1.80. The number of carbonyl (C=O) groups is 3. The molecule has 0 heterocycles. The van der Waals surface area contributed by atoms with Gasteiger partial charge in [0.15, 0.2) is 6.10 Å². The number of carbonyl (C=O) groups excluding carboxylic acids is 2. The number of ether oxygens (including phenoxy) is 1. The molecular weight excluding hydrogens is 220 g/mol. The minimum atomic E-state index is -1.67. The van der Waals surface area contributed by atoms with Crippen LogP contribution in [0.2, 0.25) is 0 Å². The first kappa shape index (κ1) is 14.2. The lowest BCUT2D eigenvalue weighted by atomic mass is 10.4. The molecule has 8 heteroatoms. The highest BCUT2D eigenvalue weighted by molar-refractivity contribution is 5.81. The molecular formula is C8H14N2O6. The zero-order chi connectivity index (χ0) is 12.6. The van der Waals surface area contributed by atoms with Crippen molar-refractivity contribution in [3.05, 3.63) is 0 Å². The Morgan fingerprint density at radius 3 is 2.44 bits per heavy atom. The number of amides is 2. The molecule has 92 valence electrons. The van der Waals surface area contributed by atoms with Crippen LogP contribution in [-0.4, -0.2) is 54.0 Å². The molecule has 16 heavy (non-hydrogen) atoms. The van der Waals surface area contributed by atoms with E-state index in [2.05, 4.69) is 15.4 Å².